The van der Waals surface area contributed by atoms with E-state index >= 15 is 0 Å². The van der Waals surface area contributed by atoms with E-state index in [-0.39, 0.29) is 0 Å². The van der Waals surface area contributed by atoms with E-state index in [0.29, 0.717) is 5.92 Å². The molecule has 0 aliphatic heterocycles. The molecule has 0 spiro atoms. The Morgan fingerprint density at radius 2 is 1.94 bits per heavy atom. The summed E-state index contributed by atoms with van der Waals surface area (Å²) in [4.78, 5) is 9.13. The molecule has 0 aliphatic carbocycles. The van der Waals surface area contributed by atoms with Crippen molar-refractivity contribution in [2.75, 3.05) is 11.9 Å². The largest absolute Gasteiger partial charge is 0.369 e. The van der Waals surface area contributed by atoms with Crippen molar-refractivity contribution in [2.45, 2.75) is 47.0 Å². The summed E-state index contributed by atoms with van der Waals surface area (Å²) < 4.78 is 1.02. The Morgan fingerprint density at radius 1 is 1.24 bits per heavy atom. The van der Waals surface area contributed by atoms with Crippen LogP contribution in [0, 0.1) is 5.92 Å². The first-order valence-corrected chi connectivity index (χ1v) is 7.16. The summed E-state index contributed by atoms with van der Waals surface area (Å²) >= 11 is 3.62. The van der Waals surface area contributed by atoms with Crippen molar-refractivity contribution in [3.8, 4) is 0 Å². The number of anilines is 1. The van der Waals surface area contributed by atoms with E-state index in [1.165, 1.54) is 0 Å². The smallest absolute Gasteiger partial charge is 0.144 e. The van der Waals surface area contributed by atoms with Gasteiger partial charge in [0.05, 0.1) is 10.2 Å². The van der Waals surface area contributed by atoms with Crippen molar-refractivity contribution >= 4 is 21.7 Å². The summed E-state index contributed by atoms with van der Waals surface area (Å²) in [5.41, 5.74) is 1.12. The van der Waals surface area contributed by atoms with Gasteiger partial charge in [-0.25, -0.2) is 9.97 Å². The Bertz CT molecular complexity index is 364. The van der Waals surface area contributed by atoms with Gasteiger partial charge in [-0.3, -0.25) is 0 Å². The maximum atomic E-state index is 4.60. The van der Waals surface area contributed by atoms with E-state index in [2.05, 4.69) is 58.9 Å². The van der Waals surface area contributed by atoms with Crippen LogP contribution in [0.15, 0.2) is 4.47 Å². The lowest BCUT2D eigenvalue weighted by Crippen LogP contribution is -2.10. The van der Waals surface area contributed by atoms with Gasteiger partial charge in [0.15, 0.2) is 0 Å². The first kappa shape index (κ1) is 14.4. The first-order valence-electron chi connectivity index (χ1n) is 6.37. The Labute approximate surface area is 113 Å². The van der Waals surface area contributed by atoms with E-state index in [1.54, 1.807) is 0 Å². The lowest BCUT2D eigenvalue weighted by molar-refractivity contribution is 0.628. The van der Waals surface area contributed by atoms with Gasteiger partial charge in [-0.15, -0.1) is 0 Å². The number of halogens is 1. The van der Waals surface area contributed by atoms with Crippen LogP contribution in [0.3, 0.4) is 0 Å². The molecule has 0 fully saturated rings. The van der Waals surface area contributed by atoms with Crippen LogP contribution in [0.5, 0.6) is 0 Å². The van der Waals surface area contributed by atoms with Crippen molar-refractivity contribution in [1.29, 1.82) is 0 Å². The highest BCUT2D eigenvalue weighted by Gasteiger charge is 2.12. The average Bonchev–Trinajstić information content (AvgIpc) is 2.29. The van der Waals surface area contributed by atoms with E-state index < -0.39 is 0 Å². The van der Waals surface area contributed by atoms with Gasteiger partial charge in [-0.1, -0.05) is 27.7 Å². The maximum Gasteiger partial charge on any atom is 0.144 e. The molecule has 0 amide bonds. The molecule has 0 aliphatic rings. The van der Waals surface area contributed by atoms with Crippen LogP contribution in [-0.4, -0.2) is 16.5 Å². The predicted octanol–water partition coefficient (Wildman–Crippen LogP) is 3.82. The molecule has 0 bridgehead atoms. The van der Waals surface area contributed by atoms with Crippen LogP contribution in [-0.2, 0) is 12.8 Å². The molecular formula is C13H22BrN3. The SMILES string of the molecule is CCCNc1nc(CC)nc(CC(C)C)c1Br. The molecule has 1 heterocycles. The Morgan fingerprint density at radius 3 is 2.47 bits per heavy atom. The van der Waals surface area contributed by atoms with Gasteiger partial charge in [0.2, 0.25) is 0 Å². The van der Waals surface area contributed by atoms with Crippen LogP contribution >= 0.6 is 15.9 Å². The van der Waals surface area contributed by atoms with Gasteiger partial charge in [0.25, 0.3) is 0 Å². The van der Waals surface area contributed by atoms with E-state index in [1.807, 2.05) is 0 Å². The van der Waals surface area contributed by atoms with Gasteiger partial charge in [-0.05, 0) is 34.7 Å². The zero-order valence-electron chi connectivity index (χ0n) is 11.2. The van der Waals surface area contributed by atoms with Crippen LogP contribution in [0.4, 0.5) is 5.82 Å². The topological polar surface area (TPSA) is 37.8 Å². The summed E-state index contributed by atoms with van der Waals surface area (Å²) in [6.45, 7) is 9.60. The van der Waals surface area contributed by atoms with Crippen LogP contribution in [0.1, 0.15) is 45.6 Å². The molecule has 1 rings (SSSR count). The fourth-order valence-corrected chi connectivity index (χ4v) is 2.06. The summed E-state index contributed by atoms with van der Waals surface area (Å²) in [5, 5.41) is 3.35. The molecule has 1 aromatic heterocycles. The lowest BCUT2D eigenvalue weighted by atomic mass is 10.1. The molecule has 1 N–H and O–H groups in total. The van der Waals surface area contributed by atoms with Crippen molar-refractivity contribution in [2.24, 2.45) is 5.92 Å². The van der Waals surface area contributed by atoms with Crippen molar-refractivity contribution in [3.05, 3.63) is 16.0 Å². The minimum atomic E-state index is 0.602. The number of hydrogen-bond acceptors (Lipinski definition) is 3. The summed E-state index contributed by atoms with van der Waals surface area (Å²) in [5.74, 6) is 2.46. The third kappa shape index (κ3) is 4.26. The number of nitrogens with zero attached hydrogens (tertiary/aromatic N) is 2. The molecule has 0 unspecified atom stereocenters. The first-order chi connectivity index (χ1) is 8.08. The van der Waals surface area contributed by atoms with Gasteiger partial charge in [0.1, 0.15) is 11.6 Å². The minimum Gasteiger partial charge on any atom is -0.369 e. The highest BCUT2D eigenvalue weighted by atomic mass is 79.9. The second-order valence-corrected chi connectivity index (χ2v) is 5.42. The zero-order chi connectivity index (χ0) is 12.8. The van der Waals surface area contributed by atoms with Crippen LogP contribution < -0.4 is 5.32 Å². The second kappa shape index (κ2) is 6.94. The predicted molar refractivity (Wildman–Crippen MR) is 76.4 cm³/mol. The number of aryl methyl sites for hydroxylation is 1. The highest BCUT2D eigenvalue weighted by molar-refractivity contribution is 9.10. The Kier molecular flexibility index (Phi) is 5.89. The van der Waals surface area contributed by atoms with E-state index in [9.17, 15) is 0 Å². The third-order valence-corrected chi connectivity index (χ3v) is 3.26. The molecule has 4 heteroatoms. The molecule has 1 aromatic rings. The maximum absolute atomic E-state index is 4.60. The second-order valence-electron chi connectivity index (χ2n) is 4.63. The fraction of sp³-hybridized carbons (Fsp3) is 0.692. The molecule has 3 nitrogen and oxygen atoms in total. The zero-order valence-corrected chi connectivity index (χ0v) is 12.8. The van der Waals surface area contributed by atoms with Crippen LogP contribution in [0.25, 0.3) is 0 Å². The van der Waals surface area contributed by atoms with Crippen LogP contribution in [0.2, 0.25) is 0 Å². The molecular weight excluding hydrogens is 278 g/mol. The monoisotopic (exact) mass is 299 g/mol. The normalized spacial score (nSPS) is 10.9. The Hall–Kier alpha value is -0.640. The molecule has 0 saturated carbocycles. The van der Waals surface area contributed by atoms with Gasteiger partial charge >= 0.3 is 0 Å². The standard InChI is InChI=1S/C13H22BrN3/c1-5-7-15-13-12(14)10(8-9(3)4)16-11(6-2)17-13/h9H,5-8H2,1-4H3,(H,15,16,17). The third-order valence-electron chi connectivity index (χ3n) is 2.43. The lowest BCUT2D eigenvalue weighted by Gasteiger charge is -2.13. The molecule has 0 radical (unpaired) electrons. The fourth-order valence-electron chi connectivity index (χ4n) is 1.59. The van der Waals surface area contributed by atoms with E-state index in [0.717, 1.165) is 47.6 Å². The molecule has 0 atom stereocenters. The quantitative estimate of drug-likeness (QED) is 0.868. The molecule has 0 aromatic carbocycles. The highest BCUT2D eigenvalue weighted by Crippen LogP contribution is 2.25. The number of rotatable bonds is 6. The minimum absolute atomic E-state index is 0.602. The summed E-state index contributed by atoms with van der Waals surface area (Å²) in [7, 11) is 0. The summed E-state index contributed by atoms with van der Waals surface area (Å²) in [6.07, 6.45) is 2.95. The molecule has 0 saturated heterocycles. The molecule has 17 heavy (non-hydrogen) atoms. The molecule has 96 valence electrons. The van der Waals surface area contributed by atoms with Gasteiger partial charge < -0.3 is 5.32 Å². The Balaban J connectivity index is 3.02. The van der Waals surface area contributed by atoms with Crippen molar-refractivity contribution in [3.63, 3.8) is 0 Å². The summed E-state index contributed by atoms with van der Waals surface area (Å²) in [6, 6.07) is 0. The van der Waals surface area contributed by atoms with Crippen molar-refractivity contribution < 1.29 is 0 Å². The average molecular weight is 300 g/mol. The van der Waals surface area contributed by atoms with Gasteiger partial charge in [0, 0.05) is 13.0 Å². The van der Waals surface area contributed by atoms with Gasteiger partial charge in [-0.2, -0.15) is 0 Å². The number of hydrogen-bond donors (Lipinski definition) is 1. The number of nitrogens with one attached hydrogen (secondary N) is 1. The number of aromatic nitrogens is 2. The van der Waals surface area contributed by atoms with Crippen molar-refractivity contribution in [1.82, 2.24) is 9.97 Å². The van der Waals surface area contributed by atoms with E-state index in [4.69, 9.17) is 0 Å².